The van der Waals surface area contributed by atoms with Gasteiger partial charge in [0.2, 0.25) is 0 Å². The number of hydrogen-bond donors (Lipinski definition) is 2. The Balaban J connectivity index is 2.16. The molecule has 16 heavy (non-hydrogen) atoms. The minimum absolute atomic E-state index is 0.120. The lowest BCUT2D eigenvalue weighted by molar-refractivity contribution is -0.137. The third kappa shape index (κ3) is 2.30. The van der Waals surface area contributed by atoms with Crippen LogP contribution in [0.15, 0.2) is 17.6 Å². The molecule has 4 nitrogen and oxygen atoms in total. The minimum atomic E-state index is -0.811. The van der Waals surface area contributed by atoms with Crippen molar-refractivity contribution in [3.63, 3.8) is 0 Å². The lowest BCUT2D eigenvalue weighted by Gasteiger charge is -2.03. The van der Waals surface area contributed by atoms with Crippen molar-refractivity contribution in [3.05, 3.63) is 23.2 Å². The van der Waals surface area contributed by atoms with E-state index in [1.54, 1.807) is 11.6 Å². The van der Waals surface area contributed by atoms with E-state index in [0.717, 1.165) is 15.8 Å². The molecule has 0 amide bonds. The Morgan fingerprint density at radius 1 is 1.44 bits per heavy atom. The number of thiazole rings is 1. The fourth-order valence-corrected chi connectivity index (χ4v) is 2.26. The van der Waals surface area contributed by atoms with E-state index in [0.29, 0.717) is 12.8 Å². The molecule has 0 fully saturated rings. The van der Waals surface area contributed by atoms with Crippen molar-refractivity contribution in [2.24, 2.45) is 0 Å². The SMILES string of the molecule is O=C(O)CCCc1cc2ncsc2cc1O. The molecule has 0 radical (unpaired) electrons. The molecule has 1 aromatic heterocycles. The number of benzene rings is 1. The summed E-state index contributed by atoms with van der Waals surface area (Å²) >= 11 is 1.47. The van der Waals surface area contributed by atoms with E-state index in [1.807, 2.05) is 6.07 Å². The lowest BCUT2D eigenvalue weighted by atomic mass is 10.1. The van der Waals surface area contributed by atoms with E-state index in [-0.39, 0.29) is 12.2 Å². The van der Waals surface area contributed by atoms with Gasteiger partial charge in [0.05, 0.1) is 15.7 Å². The molecule has 0 spiro atoms. The van der Waals surface area contributed by atoms with E-state index in [4.69, 9.17) is 5.11 Å². The highest BCUT2D eigenvalue weighted by Gasteiger charge is 2.06. The summed E-state index contributed by atoms with van der Waals surface area (Å²) in [6, 6.07) is 3.51. The number of phenols is 1. The molecule has 0 saturated carbocycles. The van der Waals surface area contributed by atoms with Gasteiger partial charge in [0.25, 0.3) is 0 Å². The monoisotopic (exact) mass is 237 g/mol. The van der Waals surface area contributed by atoms with Gasteiger partial charge < -0.3 is 10.2 Å². The van der Waals surface area contributed by atoms with Crippen LogP contribution < -0.4 is 0 Å². The zero-order chi connectivity index (χ0) is 11.5. The fraction of sp³-hybridized carbons (Fsp3) is 0.273. The zero-order valence-corrected chi connectivity index (χ0v) is 9.33. The van der Waals surface area contributed by atoms with E-state index in [9.17, 15) is 9.90 Å². The molecule has 5 heteroatoms. The topological polar surface area (TPSA) is 70.4 Å². The number of aryl methyl sites for hydroxylation is 1. The largest absolute Gasteiger partial charge is 0.508 e. The molecule has 2 N–H and O–H groups in total. The first-order valence-electron chi connectivity index (χ1n) is 4.93. The first kappa shape index (κ1) is 10.9. The number of carbonyl (C=O) groups is 1. The van der Waals surface area contributed by atoms with Crippen LogP contribution in [0.2, 0.25) is 0 Å². The number of rotatable bonds is 4. The molecule has 2 aromatic rings. The van der Waals surface area contributed by atoms with Crippen LogP contribution >= 0.6 is 11.3 Å². The summed E-state index contributed by atoms with van der Waals surface area (Å²) in [5, 5.41) is 18.2. The van der Waals surface area contributed by atoms with E-state index < -0.39 is 5.97 Å². The molecule has 0 atom stereocenters. The normalized spacial score (nSPS) is 10.8. The molecule has 0 unspecified atom stereocenters. The maximum absolute atomic E-state index is 10.4. The summed E-state index contributed by atoms with van der Waals surface area (Å²) in [6.45, 7) is 0. The van der Waals surface area contributed by atoms with Crippen LogP contribution in [0.4, 0.5) is 0 Å². The van der Waals surface area contributed by atoms with Crippen LogP contribution in [0, 0.1) is 0 Å². The molecule has 84 valence electrons. The number of fused-ring (bicyclic) bond motifs is 1. The van der Waals surface area contributed by atoms with Gasteiger partial charge in [-0.3, -0.25) is 4.79 Å². The van der Waals surface area contributed by atoms with Crippen molar-refractivity contribution < 1.29 is 15.0 Å². The third-order valence-electron chi connectivity index (χ3n) is 2.37. The van der Waals surface area contributed by atoms with E-state index >= 15 is 0 Å². The highest BCUT2D eigenvalue weighted by atomic mass is 32.1. The van der Waals surface area contributed by atoms with Crippen LogP contribution in [-0.4, -0.2) is 21.2 Å². The van der Waals surface area contributed by atoms with Crippen LogP contribution in [-0.2, 0) is 11.2 Å². The standard InChI is InChI=1S/C11H11NO3S/c13-9-5-10-8(12-6-16-10)4-7(9)2-1-3-11(14)15/h4-6,13H,1-3H2,(H,14,15). The predicted molar refractivity (Wildman–Crippen MR) is 61.9 cm³/mol. The Morgan fingerprint density at radius 2 is 2.25 bits per heavy atom. The van der Waals surface area contributed by atoms with Crippen LogP contribution in [0.5, 0.6) is 5.75 Å². The van der Waals surface area contributed by atoms with Crippen molar-refractivity contribution in [1.82, 2.24) is 4.98 Å². The van der Waals surface area contributed by atoms with Crippen LogP contribution in [0.3, 0.4) is 0 Å². The van der Waals surface area contributed by atoms with Gasteiger partial charge in [0.1, 0.15) is 5.75 Å². The molecule has 0 aliphatic heterocycles. The van der Waals surface area contributed by atoms with Gasteiger partial charge in [-0.2, -0.15) is 0 Å². The van der Waals surface area contributed by atoms with Crippen molar-refractivity contribution in [3.8, 4) is 5.75 Å². The van der Waals surface area contributed by atoms with Crippen molar-refractivity contribution in [2.45, 2.75) is 19.3 Å². The Bertz CT molecular complexity index is 521. The summed E-state index contributed by atoms with van der Waals surface area (Å²) in [5.74, 6) is -0.587. The lowest BCUT2D eigenvalue weighted by Crippen LogP contribution is -1.96. The van der Waals surface area contributed by atoms with Crippen LogP contribution in [0.25, 0.3) is 10.2 Å². The molecule has 2 rings (SSSR count). The second-order valence-corrected chi connectivity index (χ2v) is 4.43. The number of aliphatic carboxylic acids is 1. The molecular weight excluding hydrogens is 226 g/mol. The maximum atomic E-state index is 10.4. The number of aromatic hydroxyl groups is 1. The average molecular weight is 237 g/mol. The van der Waals surface area contributed by atoms with Gasteiger partial charge in [-0.25, -0.2) is 4.98 Å². The molecule has 0 aliphatic rings. The summed E-state index contributed by atoms with van der Waals surface area (Å²) in [6.07, 6.45) is 1.21. The first-order chi connectivity index (χ1) is 7.66. The van der Waals surface area contributed by atoms with Crippen molar-refractivity contribution >= 4 is 27.5 Å². The molecule has 0 saturated heterocycles. The molecule has 0 bridgehead atoms. The number of hydrogen-bond acceptors (Lipinski definition) is 4. The molecule has 1 heterocycles. The van der Waals surface area contributed by atoms with Gasteiger partial charge in [-0.15, -0.1) is 11.3 Å². The number of phenolic OH excluding ortho intramolecular Hbond substituents is 1. The Morgan fingerprint density at radius 3 is 3.00 bits per heavy atom. The van der Waals surface area contributed by atoms with E-state index in [1.165, 1.54) is 11.3 Å². The fourth-order valence-electron chi connectivity index (χ4n) is 1.57. The van der Waals surface area contributed by atoms with Gasteiger partial charge >= 0.3 is 5.97 Å². The Kier molecular flexibility index (Phi) is 3.05. The quantitative estimate of drug-likeness (QED) is 0.856. The maximum Gasteiger partial charge on any atom is 0.303 e. The first-order valence-corrected chi connectivity index (χ1v) is 5.81. The summed E-state index contributed by atoms with van der Waals surface area (Å²) < 4.78 is 0.944. The predicted octanol–water partition coefficient (Wildman–Crippen LogP) is 2.41. The highest BCUT2D eigenvalue weighted by molar-refractivity contribution is 7.16. The molecule has 0 aliphatic carbocycles. The Labute approximate surface area is 96.2 Å². The number of carboxylic acid groups (broad SMARTS) is 1. The zero-order valence-electron chi connectivity index (χ0n) is 8.51. The van der Waals surface area contributed by atoms with Crippen molar-refractivity contribution in [2.75, 3.05) is 0 Å². The van der Waals surface area contributed by atoms with Gasteiger partial charge in [0, 0.05) is 6.42 Å². The second-order valence-electron chi connectivity index (χ2n) is 3.55. The van der Waals surface area contributed by atoms with Gasteiger partial charge in [-0.1, -0.05) is 0 Å². The summed E-state index contributed by atoms with van der Waals surface area (Å²) in [7, 11) is 0. The highest BCUT2D eigenvalue weighted by Crippen LogP contribution is 2.27. The van der Waals surface area contributed by atoms with Gasteiger partial charge in [0.15, 0.2) is 0 Å². The number of carboxylic acids is 1. The van der Waals surface area contributed by atoms with Crippen LogP contribution in [0.1, 0.15) is 18.4 Å². The van der Waals surface area contributed by atoms with Crippen molar-refractivity contribution in [1.29, 1.82) is 0 Å². The third-order valence-corrected chi connectivity index (χ3v) is 3.16. The Hall–Kier alpha value is -1.62. The molecular formula is C11H11NO3S. The summed E-state index contributed by atoms with van der Waals surface area (Å²) in [5.41, 5.74) is 3.35. The summed E-state index contributed by atoms with van der Waals surface area (Å²) in [4.78, 5) is 14.5. The van der Waals surface area contributed by atoms with Gasteiger partial charge in [-0.05, 0) is 30.5 Å². The van der Waals surface area contributed by atoms with E-state index in [2.05, 4.69) is 4.98 Å². The minimum Gasteiger partial charge on any atom is -0.508 e. The molecule has 1 aromatic carbocycles. The number of nitrogens with zero attached hydrogens (tertiary/aromatic N) is 1. The average Bonchev–Trinajstić information content (AvgIpc) is 2.64. The second kappa shape index (κ2) is 4.49. The smallest absolute Gasteiger partial charge is 0.303 e. The number of aromatic nitrogens is 1.